The molecule has 1 saturated heterocycles. The number of hydrogen-bond donors (Lipinski definition) is 0. The summed E-state index contributed by atoms with van der Waals surface area (Å²) in [6, 6.07) is 9.06. The molecule has 0 unspecified atom stereocenters. The second kappa shape index (κ2) is 6.20. The highest BCUT2D eigenvalue weighted by molar-refractivity contribution is 8.15. The normalized spacial score (nSPS) is 23.7. The first kappa shape index (κ1) is 15.8. The summed E-state index contributed by atoms with van der Waals surface area (Å²) < 4.78 is 4.94. The maximum atomic E-state index is 12.8. The number of carbonyl (C=O) groups excluding carboxylic acids is 2. The number of methoxy groups -OCH3 is 1. The summed E-state index contributed by atoms with van der Waals surface area (Å²) in [5.41, 5.74) is 1.91. The average molecular weight is 330 g/mol. The molecule has 0 N–H and O–H groups in total. The van der Waals surface area contributed by atoms with Gasteiger partial charge in [-0.3, -0.25) is 9.69 Å². The maximum Gasteiger partial charge on any atom is 0.338 e. The van der Waals surface area contributed by atoms with Crippen molar-refractivity contribution in [3.05, 3.63) is 47.2 Å². The van der Waals surface area contributed by atoms with Crippen LogP contribution in [0, 0.1) is 0 Å². The minimum Gasteiger partial charge on any atom is -0.466 e. The molecule has 2 aliphatic rings. The van der Waals surface area contributed by atoms with Gasteiger partial charge in [0.15, 0.2) is 5.17 Å². The fourth-order valence-electron chi connectivity index (χ4n) is 2.91. The zero-order chi connectivity index (χ0) is 16.6. The Morgan fingerprint density at radius 2 is 2.04 bits per heavy atom. The minimum atomic E-state index is -0.479. The summed E-state index contributed by atoms with van der Waals surface area (Å²) in [4.78, 5) is 31.2. The average Bonchev–Trinajstić information content (AvgIpc) is 2.89. The van der Waals surface area contributed by atoms with Crippen LogP contribution >= 0.6 is 11.8 Å². The van der Waals surface area contributed by atoms with E-state index in [1.807, 2.05) is 37.3 Å². The summed E-state index contributed by atoms with van der Waals surface area (Å²) in [6.07, 6.45) is 0.729. The molecule has 1 aromatic rings. The molecule has 0 radical (unpaired) electrons. The van der Waals surface area contributed by atoms with Gasteiger partial charge in [-0.1, -0.05) is 49.0 Å². The fourth-order valence-corrected chi connectivity index (χ4v) is 4.04. The number of esters is 1. The molecule has 0 aliphatic carbocycles. The van der Waals surface area contributed by atoms with Gasteiger partial charge in [0.25, 0.3) is 0 Å². The monoisotopic (exact) mass is 330 g/mol. The Morgan fingerprint density at radius 3 is 2.65 bits per heavy atom. The molecule has 23 heavy (non-hydrogen) atoms. The van der Waals surface area contributed by atoms with Crippen LogP contribution in [0.3, 0.4) is 0 Å². The third-order valence-corrected chi connectivity index (χ3v) is 5.36. The standard InChI is InChI=1S/C17H18N2O3S/c1-4-12-15(20)19-14(11-8-6-5-7-9-11)13(16(21)22-3)10(2)18-17(19)23-12/h5-9,12,14H,4H2,1-3H3/t12-,14+/m1/s1. The number of benzene rings is 1. The molecular weight excluding hydrogens is 312 g/mol. The Labute approximate surface area is 139 Å². The predicted octanol–water partition coefficient (Wildman–Crippen LogP) is 2.90. The second-order valence-electron chi connectivity index (χ2n) is 5.42. The lowest BCUT2D eigenvalue weighted by molar-refractivity contribution is -0.137. The van der Waals surface area contributed by atoms with Gasteiger partial charge in [-0.2, -0.15) is 0 Å². The lowest BCUT2D eigenvalue weighted by Gasteiger charge is -2.32. The fraction of sp³-hybridized carbons (Fsp3) is 0.353. The largest absolute Gasteiger partial charge is 0.466 e. The molecule has 120 valence electrons. The molecule has 2 heterocycles. The number of amides is 1. The minimum absolute atomic E-state index is 0.000920. The smallest absolute Gasteiger partial charge is 0.338 e. The Hall–Kier alpha value is -2.08. The molecule has 1 amide bonds. The van der Waals surface area contributed by atoms with Crippen molar-refractivity contribution in [3.8, 4) is 0 Å². The van der Waals surface area contributed by atoms with Crippen molar-refractivity contribution in [1.82, 2.24) is 4.90 Å². The van der Waals surface area contributed by atoms with Crippen LogP contribution in [0.15, 0.2) is 46.6 Å². The number of carbonyl (C=O) groups is 2. The van der Waals surface area contributed by atoms with E-state index < -0.39 is 12.0 Å². The number of amidine groups is 1. The van der Waals surface area contributed by atoms with Crippen molar-refractivity contribution in [2.24, 2.45) is 4.99 Å². The van der Waals surface area contributed by atoms with Crippen molar-refractivity contribution in [1.29, 1.82) is 0 Å². The van der Waals surface area contributed by atoms with Crippen LogP contribution in [-0.4, -0.2) is 34.3 Å². The number of allylic oxidation sites excluding steroid dienone is 1. The van der Waals surface area contributed by atoms with Gasteiger partial charge in [-0.15, -0.1) is 0 Å². The summed E-state index contributed by atoms with van der Waals surface area (Å²) in [7, 11) is 1.35. The van der Waals surface area contributed by atoms with E-state index in [1.54, 1.807) is 11.8 Å². The van der Waals surface area contributed by atoms with Crippen molar-refractivity contribution < 1.29 is 14.3 Å². The van der Waals surface area contributed by atoms with Gasteiger partial charge in [0.1, 0.15) is 0 Å². The van der Waals surface area contributed by atoms with Gasteiger partial charge in [-0.05, 0) is 18.9 Å². The highest BCUT2D eigenvalue weighted by Gasteiger charge is 2.46. The van der Waals surface area contributed by atoms with Gasteiger partial charge in [0.2, 0.25) is 5.91 Å². The van der Waals surface area contributed by atoms with E-state index in [0.717, 1.165) is 12.0 Å². The maximum absolute atomic E-state index is 12.8. The SMILES string of the molecule is CC[C@H]1SC2=NC(C)=C(C(=O)OC)[C@H](c3ccccc3)N2C1=O. The third-order valence-electron chi connectivity index (χ3n) is 4.04. The van der Waals surface area contributed by atoms with Crippen molar-refractivity contribution in [2.45, 2.75) is 31.6 Å². The highest BCUT2D eigenvalue weighted by atomic mass is 32.2. The number of nitrogens with zero attached hydrogens (tertiary/aromatic N) is 2. The Kier molecular flexibility index (Phi) is 4.26. The molecule has 0 bridgehead atoms. The van der Waals surface area contributed by atoms with Crippen LogP contribution in [0.2, 0.25) is 0 Å². The Bertz CT molecular complexity index is 712. The van der Waals surface area contributed by atoms with Gasteiger partial charge in [-0.25, -0.2) is 9.79 Å². The van der Waals surface area contributed by atoms with Crippen LogP contribution in [0.25, 0.3) is 0 Å². The Balaban J connectivity index is 2.15. The number of hydrogen-bond acceptors (Lipinski definition) is 5. The molecule has 2 atom stereocenters. The molecule has 0 saturated carbocycles. The molecule has 3 rings (SSSR count). The van der Waals surface area contributed by atoms with E-state index in [-0.39, 0.29) is 11.2 Å². The van der Waals surface area contributed by atoms with E-state index in [1.165, 1.54) is 18.9 Å². The van der Waals surface area contributed by atoms with Gasteiger partial charge in [0, 0.05) is 0 Å². The van der Waals surface area contributed by atoms with Gasteiger partial charge < -0.3 is 4.74 Å². The predicted molar refractivity (Wildman–Crippen MR) is 89.9 cm³/mol. The first-order chi connectivity index (χ1) is 11.1. The van der Waals surface area contributed by atoms with E-state index in [2.05, 4.69) is 4.99 Å². The molecule has 5 nitrogen and oxygen atoms in total. The number of fused-ring (bicyclic) bond motifs is 1. The summed E-state index contributed by atoms with van der Waals surface area (Å²) in [5, 5.41) is 0.519. The number of rotatable bonds is 3. The zero-order valence-electron chi connectivity index (χ0n) is 13.3. The molecular formula is C17H18N2O3S. The number of thioether (sulfide) groups is 1. The van der Waals surface area contributed by atoms with Crippen molar-refractivity contribution in [3.63, 3.8) is 0 Å². The second-order valence-corrected chi connectivity index (χ2v) is 6.59. The van der Waals surface area contributed by atoms with Crippen LogP contribution in [-0.2, 0) is 14.3 Å². The Morgan fingerprint density at radius 1 is 1.35 bits per heavy atom. The van der Waals surface area contributed by atoms with Gasteiger partial charge in [0.05, 0.1) is 29.7 Å². The van der Waals surface area contributed by atoms with E-state index in [9.17, 15) is 9.59 Å². The summed E-state index contributed by atoms with van der Waals surface area (Å²) in [5.74, 6) is -0.448. The number of ether oxygens (including phenoxy) is 1. The first-order valence-electron chi connectivity index (χ1n) is 7.51. The summed E-state index contributed by atoms with van der Waals surface area (Å²) in [6.45, 7) is 3.77. The van der Waals surface area contributed by atoms with Crippen LogP contribution in [0.4, 0.5) is 0 Å². The molecule has 2 aliphatic heterocycles. The van der Waals surface area contributed by atoms with Gasteiger partial charge >= 0.3 is 5.97 Å². The molecule has 6 heteroatoms. The molecule has 0 spiro atoms. The molecule has 1 aromatic carbocycles. The first-order valence-corrected chi connectivity index (χ1v) is 8.38. The van der Waals surface area contributed by atoms with E-state index >= 15 is 0 Å². The molecule has 1 fully saturated rings. The topological polar surface area (TPSA) is 59.0 Å². The number of aliphatic imine (C=N–C) groups is 1. The van der Waals surface area contributed by atoms with Crippen LogP contribution in [0.5, 0.6) is 0 Å². The highest BCUT2D eigenvalue weighted by Crippen LogP contribution is 2.43. The molecule has 0 aromatic heterocycles. The lowest BCUT2D eigenvalue weighted by Crippen LogP contribution is -2.40. The van der Waals surface area contributed by atoms with Crippen LogP contribution < -0.4 is 0 Å². The van der Waals surface area contributed by atoms with Crippen LogP contribution in [0.1, 0.15) is 31.9 Å². The van der Waals surface area contributed by atoms with E-state index in [0.29, 0.717) is 16.4 Å². The lowest BCUT2D eigenvalue weighted by atomic mass is 9.94. The van der Waals surface area contributed by atoms with Crippen molar-refractivity contribution >= 4 is 28.8 Å². The third kappa shape index (κ3) is 2.57. The van der Waals surface area contributed by atoms with E-state index in [4.69, 9.17) is 4.74 Å². The summed E-state index contributed by atoms with van der Waals surface area (Å²) >= 11 is 1.47. The quantitative estimate of drug-likeness (QED) is 0.800. The van der Waals surface area contributed by atoms with Crippen molar-refractivity contribution in [2.75, 3.05) is 7.11 Å². The zero-order valence-corrected chi connectivity index (χ0v) is 14.1.